The molecular weight excluding hydrogens is 302 g/mol. The lowest BCUT2D eigenvalue weighted by Crippen LogP contribution is -2.16. The number of halogens is 2. The van der Waals surface area contributed by atoms with Crippen LogP contribution in [0.1, 0.15) is 71.6 Å². The van der Waals surface area contributed by atoms with Gasteiger partial charge in [-0.05, 0) is 18.4 Å². The molecule has 120 valence electrons. The number of nitrogens with zero attached hydrogens (tertiary/aromatic N) is 2. The van der Waals surface area contributed by atoms with Gasteiger partial charge < -0.3 is 4.52 Å². The van der Waals surface area contributed by atoms with E-state index in [-0.39, 0.29) is 30.5 Å². The highest BCUT2D eigenvalue weighted by atomic mass is 19.3. The number of hydrogen-bond acceptors (Lipinski definition) is 4. The summed E-state index contributed by atoms with van der Waals surface area (Å²) in [6.45, 7) is 0. The van der Waals surface area contributed by atoms with E-state index in [2.05, 4.69) is 10.1 Å². The lowest BCUT2D eigenvalue weighted by atomic mass is 9.82. The quantitative estimate of drug-likeness (QED) is 0.837. The Morgan fingerprint density at radius 3 is 2.83 bits per heavy atom. The maximum absolute atomic E-state index is 13.4. The average molecular weight is 318 g/mol. The Labute approximate surface area is 131 Å². The third-order valence-corrected chi connectivity index (χ3v) is 4.82. The zero-order valence-corrected chi connectivity index (χ0v) is 12.5. The van der Waals surface area contributed by atoms with Gasteiger partial charge in [-0.1, -0.05) is 29.4 Å². The smallest absolute Gasteiger partial charge is 0.248 e. The van der Waals surface area contributed by atoms with Crippen LogP contribution in [0.3, 0.4) is 0 Å². The van der Waals surface area contributed by atoms with Crippen LogP contribution in [0.5, 0.6) is 0 Å². The number of alkyl halides is 2. The number of Topliss-reactive ketones (excluding diaryl/α,β-unsaturated/α-hetero) is 1. The number of benzene rings is 1. The van der Waals surface area contributed by atoms with E-state index in [1.54, 1.807) is 6.07 Å². The monoisotopic (exact) mass is 318 g/mol. The molecular formula is C17H16F2N2O2. The SMILES string of the molecule is O=C1CCC(c2nc(C3CCC(F)(F)C3)no2)c2ccccc21. The number of carbonyl (C=O) groups excluding carboxylic acids is 1. The molecule has 2 atom stereocenters. The van der Waals surface area contributed by atoms with E-state index >= 15 is 0 Å². The molecule has 0 amide bonds. The van der Waals surface area contributed by atoms with Gasteiger partial charge in [-0.2, -0.15) is 4.98 Å². The van der Waals surface area contributed by atoms with Crippen molar-refractivity contribution in [1.82, 2.24) is 10.1 Å². The van der Waals surface area contributed by atoms with Crippen molar-refractivity contribution < 1.29 is 18.1 Å². The molecule has 23 heavy (non-hydrogen) atoms. The lowest BCUT2D eigenvalue weighted by molar-refractivity contribution is 0.00749. The van der Waals surface area contributed by atoms with Crippen LogP contribution >= 0.6 is 0 Å². The Bertz CT molecular complexity index is 757. The van der Waals surface area contributed by atoms with Gasteiger partial charge in [-0.15, -0.1) is 0 Å². The molecule has 1 aromatic heterocycles. The molecule has 2 aliphatic carbocycles. The highest BCUT2D eigenvalue weighted by Gasteiger charge is 2.42. The van der Waals surface area contributed by atoms with Crippen molar-refractivity contribution in [3.63, 3.8) is 0 Å². The molecule has 4 rings (SSSR count). The third kappa shape index (κ3) is 2.56. The highest BCUT2D eigenvalue weighted by Crippen LogP contribution is 2.44. The van der Waals surface area contributed by atoms with Gasteiger partial charge in [0.25, 0.3) is 0 Å². The van der Waals surface area contributed by atoms with E-state index in [9.17, 15) is 13.6 Å². The minimum Gasteiger partial charge on any atom is -0.339 e. The van der Waals surface area contributed by atoms with Crippen molar-refractivity contribution in [3.05, 3.63) is 47.1 Å². The first-order valence-electron chi connectivity index (χ1n) is 7.87. The summed E-state index contributed by atoms with van der Waals surface area (Å²) in [5.41, 5.74) is 1.58. The van der Waals surface area contributed by atoms with Gasteiger partial charge in [-0.25, -0.2) is 8.78 Å². The molecule has 2 unspecified atom stereocenters. The van der Waals surface area contributed by atoms with Gasteiger partial charge in [0.05, 0.1) is 5.92 Å². The highest BCUT2D eigenvalue weighted by molar-refractivity contribution is 5.98. The molecule has 0 aliphatic heterocycles. The third-order valence-electron chi connectivity index (χ3n) is 4.82. The second-order valence-electron chi connectivity index (χ2n) is 6.39. The summed E-state index contributed by atoms with van der Waals surface area (Å²) in [6.07, 6.45) is 1.08. The van der Waals surface area contributed by atoms with E-state index in [0.717, 1.165) is 5.56 Å². The molecule has 0 radical (unpaired) electrons. The van der Waals surface area contributed by atoms with Crippen molar-refractivity contribution >= 4 is 5.78 Å². The molecule has 0 saturated heterocycles. The summed E-state index contributed by atoms with van der Waals surface area (Å²) in [7, 11) is 0. The van der Waals surface area contributed by atoms with Crippen LogP contribution in [-0.4, -0.2) is 21.8 Å². The minimum absolute atomic E-state index is 0.118. The number of rotatable bonds is 2. The van der Waals surface area contributed by atoms with Gasteiger partial charge >= 0.3 is 0 Å². The fourth-order valence-electron chi connectivity index (χ4n) is 3.60. The molecule has 0 N–H and O–H groups in total. The van der Waals surface area contributed by atoms with Gasteiger partial charge in [0.1, 0.15) is 0 Å². The molecule has 1 heterocycles. The summed E-state index contributed by atoms with van der Waals surface area (Å²) in [5.74, 6) is -2.20. The summed E-state index contributed by atoms with van der Waals surface area (Å²) in [5, 5.41) is 3.93. The summed E-state index contributed by atoms with van der Waals surface area (Å²) < 4.78 is 32.1. The van der Waals surface area contributed by atoms with Gasteiger partial charge in [-0.3, -0.25) is 4.79 Å². The van der Waals surface area contributed by atoms with Crippen molar-refractivity contribution in [2.75, 3.05) is 0 Å². The summed E-state index contributed by atoms with van der Waals surface area (Å²) in [4.78, 5) is 16.4. The predicted molar refractivity (Wildman–Crippen MR) is 77.7 cm³/mol. The van der Waals surface area contributed by atoms with Crippen LogP contribution in [-0.2, 0) is 0 Å². The molecule has 4 nitrogen and oxygen atoms in total. The number of ketones is 1. The fourth-order valence-corrected chi connectivity index (χ4v) is 3.60. The molecule has 0 spiro atoms. The first-order chi connectivity index (χ1) is 11.0. The predicted octanol–water partition coefficient (Wildman–Crippen LogP) is 4.08. The van der Waals surface area contributed by atoms with Crippen LogP contribution in [0.4, 0.5) is 8.78 Å². The van der Waals surface area contributed by atoms with Gasteiger partial charge in [0, 0.05) is 30.7 Å². The molecule has 6 heteroatoms. The fraction of sp³-hybridized carbons (Fsp3) is 0.471. The maximum atomic E-state index is 13.4. The number of carbonyl (C=O) groups is 1. The van der Waals surface area contributed by atoms with Crippen molar-refractivity contribution in [2.24, 2.45) is 0 Å². The Morgan fingerprint density at radius 1 is 1.22 bits per heavy atom. The normalized spacial score (nSPS) is 26.3. The molecule has 2 aliphatic rings. The Balaban J connectivity index is 1.63. The van der Waals surface area contributed by atoms with Crippen LogP contribution in [0.15, 0.2) is 28.8 Å². The molecule has 1 aromatic carbocycles. The topological polar surface area (TPSA) is 56.0 Å². The van der Waals surface area contributed by atoms with Crippen LogP contribution in [0.2, 0.25) is 0 Å². The standard InChI is InChI=1S/C17H16F2N2O2/c18-17(19)8-7-10(9-17)15-20-16(23-21-15)13-5-6-14(22)12-4-2-1-3-11(12)13/h1-4,10,13H,5-9H2. The number of fused-ring (bicyclic) bond motifs is 1. The minimum atomic E-state index is -2.63. The molecule has 1 fully saturated rings. The van der Waals surface area contributed by atoms with E-state index in [4.69, 9.17) is 4.52 Å². The molecule has 2 aromatic rings. The largest absolute Gasteiger partial charge is 0.339 e. The number of aromatic nitrogens is 2. The summed E-state index contributed by atoms with van der Waals surface area (Å²) in [6, 6.07) is 7.40. The average Bonchev–Trinajstić information content (AvgIpc) is 3.14. The van der Waals surface area contributed by atoms with Gasteiger partial charge in [0.2, 0.25) is 11.8 Å². The van der Waals surface area contributed by atoms with Gasteiger partial charge in [0.15, 0.2) is 11.6 Å². The summed E-state index contributed by atoms with van der Waals surface area (Å²) >= 11 is 0. The van der Waals surface area contributed by atoms with Crippen LogP contribution in [0.25, 0.3) is 0 Å². The van der Waals surface area contributed by atoms with E-state index in [1.165, 1.54) is 0 Å². The lowest BCUT2D eigenvalue weighted by Gasteiger charge is -2.21. The van der Waals surface area contributed by atoms with Crippen molar-refractivity contribution in [1.29, 1.82) is 0 Å². The maximum Gasteiger partial charge on any atom is 0.248 e. The first-order valence-corrected chi connectivity index (χ1v) is 7.87. The molecule has 1 saturated carbocycles. The van der Waals surface area contributed by atoms with E-state index in [1.807, 2.05) is 18.2 Å². The number of hydrogen-bond donors (Lipinski definition) is 0. The van der Waals surface area contributed by atoms with Crippen LogP contribution in [0, 0.1) is 0 Å². The van der Waals surface area contributed by atoms with Crippen molar-refractivity contribution in [2.45, 2.75) is 49.9 Å². The second-order valence-corrected chi connectivity index (χ2v) is 6.39. The zero-order valence-electron chi connectivity index (χ0n) is 12.5. The van der Waals surface area contributed by atoms with Crippen molar-refractivity contribution in [3.8, 4) is 0 Å². The Hall–Kier alpha value is -2.11. The van der Waals surface area contributed by atoms with E-state index in [0.29, 0.717) is 36.5 Å². The first kappa shape index (κ1) is 14.5. The second kappa shape index (κ2) is 5.22. The Kier molecular flexibility index (Phi) is 3.28. The Morgan fingerprint density at radius 2 is 2.04 bits per heavy atom. The zero-order chi connectivity index (χ0) is 16.0. The van der Waals surface area contributed by atoms with Crippen LogP contribution < -0.4 is 0 Å². The van der Waals surface area contributed by atoms with E-state index < -0.39 is 5.92 Å². The molecule has 0 bridgehead atoms.